The van der Waals surface area contributed by atoms with Crippen LogP contribution in [0.3, 0.4) is 0 Å². The summed E-state index contributed by atoms with van der Waals surface area (Å²) in [5, 5.41) is 14.9. The number of carbonyl (C=O) groups is 2. The van der Waals surface area contributed by atoms with Crippen molar-refractivity contribution in [1.82, 2.24) is 20.5 Å². The maximum Gasteiger partial charge on any atom is 0.405 e. The van der Waals surface area contributed by atoms with E-state index in [-0.39, 0.29) is 30.7 Å². The molecule has 1 aromatic rings. The van der Waals surface area contributed by atoms with Crippen molar-refractivity contribution in [1.29, 1.82) is 0 Å². The van der Waals surface area contributed by atoms with E-state index in [9.17, 15) is 9.59 Å². The molecule has 2 aliphatic heterocycles. The fourth-order valence-corrected chi connectivity index (χ4v) is 3.78. The van der Waals surface area contributed by atoms with Crippen molar-refractivity contribution < 1.29 is 14.7 Å². The van der Waals surface area contributed by atoms with Crippen molar-refractivity contribution in [2.24, 2.45) is 5.92 Å². The van der Waals surface area contributed by atoms with Crippen LogP contribution in [0.1, 0.15) is 19.3 Å². The van der Waals surface area contributed by atoms with E-state index >= 15 is 0 Å². The molecule has 0 aliphatic carbocycles. The van der Waals surface area contributed by atoms with E-state index < -0.39 is 12.1 Å². The van der Waals surface area contributed by atoms with Crippen molar-refractivity contribution in [3.8, 4) is 0 Å². The molecule has 0 saturated carbocycles. The van der Waals surface area contributed by atoms with Gasteiger partial charge in [0.15, 0.2) is 0 Å². The van der Waals surface area contributed by atoms with Crippen LogP contribution in [0, 0.1) is 5.92 Å². The van der Waals surface area contributed by atoms with Crippen molar-refractivity contribution in [2.75, 3.05) is 44.2 Å². The number of aromatic nitrogens is 1. The van der Waals surface area contributed by atoms with E-state index in [0.717, 1.165) is 44.7 Å². The van der Waals surface area contributed by atoms with Crippen LogP contribution < -0.4 is 15.5 Å². The summed E-state index contributed by atoms with van der Waals surface area (Å²) in [6, 6.07) is 3.27. The van der Waals surface area contributed by atoms with Crippen LogP contribution in [0.25, 0.3) is 0 Å². The highest BCUT2D eigenvalue weighted by atomic mass is 35.5. The summed E-state index contributed by atoms with van der Waals surface area (Å²) in [6.07, 6.45) is 4.95. The number of anilines is 1. The molecular weight excluding hydrogens is 405 g/mol. The summed E-state index contributed by atoms with van der Waals surface area (Å²) < 4.78 is 0. The average Bonchev–Trinajstić information content (AvgIpc) is 2.68. The molecule has 158 valence electrons. The van der Waals surface area contributed by atoms with Gasteiger partial charge >= 0.3 is 6.09 Å². The Balaban J connectivity index is 0.00000196. The summed E-state index contributed by atoms with van der Waals surface area (Å²) in [4.78, 5) is 32.1. The molecule has 3 rings (SSSR count). The molecule has 0 aromatic carbocycles. The minimum atomic E-state index is -1.13. The number of nitrogens with zero attached hydrogens (tertiary/aromatic N) is 3. The second kappa shape index (κ2) is 11.9. The Kier molecular flexibility index (Phi) is 10.3. The lowest BCUT2D eigenvalue weighted by Crippen LogP contribution is -2.55. The Bertz CT molecular complexity index is 608. The Morgan fingerprint density at radius 1 is 1.14 bits per heavy atom. The highest BCUT2D eigenvalue weighted by Crippen LogP contribution is 2.20. The van der Waals surface area contributed by atoms with Crippen molar-refractivity contribution in [3.63, 3.8) is 0 Å². The number of halogens is 2. The fraction of sp³-hybridized carbons (Fsp3) is 0.611. The Hall–Kier alpha value is -1.77. The number of carboxylic acid groups (broad SMARTS) is 1. The summed E-state index contributed by atoms with van der Waals surface area (Å²) in [6.45, 7) is 4.55. The molecule has 0 spiro atoms. The maximum atomic E-state index is 12.9. The lowest BCUT2D eigenvalue weighted by molar-refractivity contribution is -0.134. The molecule has 3 heterocycles. The molecule has 2 fully saturated rings. The van der Waals surface area contributed by atoms with E-state index in [1.54, 1.807) is 17.3 Å². The van der Waals surface area contributed by atoms with Gasteiger partial charge in [-0.25, -0.2) is 4.79 Å². The van der Waals surface area contributed by atoms with E-state index in [1.807, 2.05) is 12.1 Å². The van der Waals surface area contributed by atoms with Gasteiger partial charge in [0.25, 0.3) is 0 Å². The topological polar surface area (TPSA) is 97.8 Å². The highest BCUT2D eigenvalue weighted by Gasteiger charge is 2.31. The van der Waals surface area contributed by atoms with Crippen LogP contribution >= 0.6 is 24.8 Å². The molecule has 2 saturated heterocycles. The lowest BCUT2D eigenvalue weighted by atomic mass is 9.90. The van der Waals surface area contributed by atoms with Gasteiger partial charge in [0.1, 0.15) is 6.04 Å². The summed E-state index contributed by atoms with van der Waals surface area (Å²) in [5.74, 6) is 0.287. The van der Waals surface area contributed by atoms with E-state index in [0.29, 0.717) is 25.4 Å². The number of hydrogen-bond donors (Lipinski definition) is 3. The average molecular weight is 434 g/mol. The van der Waals surface area contributed by atoms with E-state index in [2.05, 4.69) is 20.5 Å². The third-order valence-corrected chi connectivity index (χ3v) is 5.24. The van der Waals surface area contributed by atoms with Gasteiger partial charge in [-0.05, 0) is 50.4 Å². The fourth-order valence-electron chi connectivity index (χ4n) is 3.78. The number of piperazine rings is 1. The van der Waals surface area contributed by atoms with Crippen molar-refractivity contribution in [3.05, 3.63) is 24.5 Å². The van der Waals surface area contributed by atoms with Crippen LogP contribution in [0.15, 0.2) is 24.5 Å². The zero-order valence-corrected chi connectivity index (χ0v) is 17.4. The predicted molar refractivity (Wildman–Crippen MR) is 113 cm³/mol. The molecule has 0 unspecified atom stereocenters. The lowest BCUT2D eigenvalue weighted by Gasteiger charge is -2.38. The number of hydrogen-bond acceptors (Lipinski definition) is 5. The second-order valence-electron chi connectivity index (χ2n) is 6.95. The minimum absolute atomic E-state index is 0. The van der Waals surface area contributed by atoms with Crippen molar-refractivity contribution in [2.45, 2.75) is 25.3 Å². The van der Waals surface area contributed by atoms with Crippen LogP contribution in [-0.2, 0) is 4.79 Å². The molecule has 1 atom stereocenters. The third kappa shape index (κ3) is 6.68. The molecule has 2 aliphatic rings. The van der Waals surface area contributed by atoms with Crippen LogP contribution in [0.2, 0.25) is 0 Å². The van der Waals surface area contributed by atoms with Gasteiger partial charge in [0.2, 0.25) is 5.91 Å². The molecular formula is C18H29Cl2N5O3. The van der Waals surface area contributed by atoms with Gasteiger partial charge in [-0.3, -0.25) is 9.78 Å². The smallest absolute Gasteiger partial charge is 0.405 e. The van der Waals surface area contributed by atoms with Gasteiger partial charge < -0.3 is 25.5 Å². The van der Waals surface area contributed by atoms with Crippen LogP contribution in [0.5, 0.6) is 0 Å². The van der Waals surface area contributed by atoms with E-state index in [4.69, 9.17) is 5.11 Å². The second-order valence-corrected chi connectivity index (χ2v) is 6.95. The number of carbonyl (C=O) groups excluding carboxylic acids is 1. The monoisotopic (exact) mass is 433 g/mol. The van der Waals surface area contributed by atoms with Crippen molar-refractivity contribution >= 4 is 42.5 Å². The Labute approximate surface area is 177 Å². The van der Waals surface area contributed by atoms with E-state index in [1.165, 1.54) is 0 Å². The van der Waals surface area contributed by atoms with Crippen LogP contribution in [-0.4, -0.2) is 72.3 Å². The molecule has 28 heavy (non-hydrogen) atoms. The first-order chi connectivity index (χ1) is 12.6. The zero-order valence-electron chi connectivity index (χ0n) is 15.7. The van der Waals surface area contributed by atoms with Crippen LogP contribution in [0.4, 0.5) is 10.5 Å². The molecule has 3 N–H and O–H groups in total. The number of pyridine rings is 1. The van der Waals surface area contributed by atoms with Gasteiger partial charge in [-0.1, -0.05) is 0 Å². The molecule has 1 aromatic heterocycles. The maximum absolute atomic E-state index is 12.9. The zero-order chi connectivity index (χ0) is 18.4. The van der Waals surface area contributed by atoms with Gasteiger partial charge in [-0.15, -0.1) is 24.8 Å². The molecule has 0 radical (unpaired) electrons. The number of rotatable bonds is 5. The largest absolute Gasteiger partial charge is 0.465 e. The minimum Gasteiger partial charge on any atom is -0.465 e. The normalized spacial score (nSPS) is 18.4. The summed E-state index contributed by atoms with van der Waals surface area (Å²) >= 11 is 0. The van der Waals surface area contributed by atoms with Gasteiger partial charge in [0.05, 0.1) is 0 Å². The summed E-state index contributed by atoms with van der Waals surface area (Å²) in [7, 11) is 0. The predicted octanol–water partition coefficient (Wildman–Crippen LogP) is 1.60. The third-order valence-electron chi connectivity index (χ3n) is 5.24. The number of amides is 2. The highest BCUT2D eigenvalue weighted by molar-refractivity contribution is 5.86. The SMILES string of the molecule is Cl.Cl.O=C(O)N[C@@H](CC1CCNCC1)C(=O)N1CCN(c2ccncc2)CC1. The first kappa shape index (κ1) is 24.3. The molecule has 0 bridgehead atoms. The molecule has 8 nitrogen and oxygen atoms in total. The Morgan fingerprint density at radius 2 is 1.75 bits per heavy atom. The quantitative estimate of drug-likeness (QED) is 0.652. The summed E-state index contributed by atoms with van der Waals surface area (Å²) in [5.41, 5.74) is 1.10. The molecule has 10 heteroatoms. The Morgan fingerprint density at radius 3 is 2.32 bits per heavy atom. The molecule has 2 amide bonds. The van der Waals surface area contributed by atoms with Gasteiger partial charge in [0, 0.05) is 44.3 Å². The standard InChI is InChI=1S/C18H27N5O3.2ClH/c24-17(16(21-18(25)26)13-14-1-5-19-6-2-14)23-11-9-22(10-12-23)15-3-7-20-8-4-15;;/h3-4,7-8,14,16,19,21H,1-2,5-6,9-13H2,(H,25,26);2*1H/t16-;;/m0../s1. The first-order valence-corrected chi connectivity index (χ1v) is 9.27. The van der Waals surface area contributed by atoms with Gasteiger partial charge in [-0.2, -0.15) is 0 Å². The number of piperidine rings is 1. The first-order valence-electron chi connectivity index (χ1n) is 9.27. The number of nitrogens with one attached hydrogen (secondary N) is 2.